The van der Waals surface area contributed by atoms with Crippen LogP contribution in [0.5, 0.6) is 0 Å². The van der Waals surface area contributed by atoms with E-state index in [2.05, 4.69) is 15.3 Å². The predicted molar refractivity (Wildman–Crippen MR) is 69.7 cm³/mol. The molecule has 1 aromatic heterocycles. The third kappa shape index (κ3) is 2.88. The van der Waals surface area contributed by atoms with Crippen LogP contribution in [0.15, 0.2) is 36.7 Å². The molecule has 0 saturated heterocycles. The summed E-state index contributed by atoms with van der Waals surface area (Å²) in [5.74, 6) is 0.462. The number of nitrogens with one attached hydrogen (secondary N) is 2. The Kier molecular flexibility index (Phi) is 3.62. The molecule has 1 unspecified atom stereocenters. The zero-order valence-corrected chi connectivity index (χ0v) is 10.2. The normalized spacial score (nSPS) is 12.1. The highest BCUT2D eigenvalue weighted by Crippen LogP contribution is 2.17. The monoisotopic (exact) mass is 244 g/mol. The fourth-order valence-electron chi connectivity index (χ4n) is 1.70. The van der Waals surface area contributed by atoms with E-state index >= 15 is 0 Å². The molecule has 1 amide bonds. The van der Waals surface area contributed by atoms with Gasteiger partial charge < -0.3 is 16.0 Å². The van der Waals surface area contributed by atoms with E-state index in [1.807, 2.05) is 25.1 Å². The Bertz CT molecular complexity index is 522. The summed E-state index contributed by atoms with van der Waals surface area (Å²) in [6, 6.07) is 7.36. The molecule has 0 aliphatic rings. The van der Waals surface area contributed by atoms with Crippen molar-refractivity contribution in [1.29, 1.82) is 0 Å². The lowest BCUT2D eigenvalue weighted by Gasteiger charge is -2.12. The summed E-state index contributed by atoms with van der Waals surface area (Å²) in [4.78, 5) is 18.9. The first-order valence-corrected chi connectivity index (χ1v) is 5.78. The third-order valence-corrected chi connectivity index (χ3v) is 2.79. The lowest BCUT2D eigenvalue weighted by Crippen LogP contribution is -2.28. The van der Waals surface area contributed by atoms with Gasteiger partial charge in [0.25, 0.3) is 0 Å². The number of nitrogens with two attached hydrogens (primary N) is 1. The van der Waals surface area contributed by atoms with Crippen LogP contribution in [-0.2, 0) is 11.3 Å². The number of amides is 1. The fourth-order valence-corrected chi connectivity index (χ4v) is 1.70. The average Bonchev–Trinajstić information content (AvgIpc) is 2.88. The van der Waals surface area contributed by atoms with E-state index in [9.17, 15) is 4.79 Å². The number of anilines is 1. The number of benzene rings is 1. The van der Waals surface area contributed by atoms with E-state index in [0.29, 0.717) is 12.2 Å². The van der Waals surface area contributed by atoms with Crippen molar-refractivity contribution in [1.82, 2.24) is 15.3 Å². The molecular weight excluding hydrogens is 228 g/mol. The summed E-state index contributed by atoms with van der Waals surface area (Å²) >= 11 is 0. The van der Waals surface area contributed by atoms with E-state index < -0.39 is 0 Å². The Morgan fingerprint density at radius 2 is 2.39 bits per heavy atom. The first-order chi connectivity index (χ1) is 8.66. The van der Waals surface area contributed by atoms with Gasteiger partial charge in [-0.05, 0) is 24.6 Å². The van der Waals surface area contributed by atoms with Crippen molar-refractivity contribution < 1.29 is 4.79 Å². The Labute approximate surface area is 105 Å². The molecule has 5 heteroatoms. The molecule has 1 heterocycles. The maximum absolute atomic E-state index is 12.0. The molecule has 2 rings (SSSR count). The number of hydrogen-bond donors (Lipinski definition) is 3. The third-order valence-electron chi connectivity index (χ3n) is 2.79. The van der Waals surface area contributed by atoms with Crippen molar-refractivity contribution in [3.63, 3.8) is 0 Å². The molecule has 0 bridgehead atoms. The number of aromatic amines is 1. The molecule has 0 spiro atoms. The summed E-state index contributed by atoms with van der Waals surface area (Å²) < 4.78 is 0. The van der Waals surface area contributed by atoms with E-state index in [4.69, 9.17) is 5.73 Å². The van der Waals surface area contributed by atoms with Crippen LogP contribution in [0.3, 0.4) is 0 Å². The van der Waals surface area contributed by atoms with E-state index in [1.54, 1.807) is 18.5 Å². The second-order valence-electron chi connectivity index (χ2n) is 4.15. The standard InChI is InChI=1S/C13H16N4O/c1-9(10-3-2-4-11(14)7-10)13(18)17-8-12-15-5-6-16-12/h2-7,9H,8,14H2,1H3,(H,15,16)(H,17,18). The molecule has 5 nitrogen and oxygen atoms in total. The second kappa shape index (κ2) is 5.35. The van der Waals surface area contributed by atoms with E-state index in [1.165, 1.54) is 0 Å². The van der Waals surface area contributed by atoms with E-state index in [-0.39, 0.29) is 11.8 Å². The van der Waals surface area contributed by atoms with Gasteiger partial charge in [0, 0.05) is 18.1 Å². The molecule has 94 valence electrons. The van der Waals surface area contributed by atoms with Gasteiger partial charge in [-0.2, -0.15) is 0 Å². The fraction of sp³-hybridized carbons (Fsp3) is 0.231. The Balaban J connectivity index is 1.96. The van der Waals surface area contributed by atoms with Crippen LogP contribution in [-0.4, -0.2) is 15.9 Å². The molecule has 0 radical (unpaired) electrons. The first-order valence-electron chi connectivity index (χ1n) is 5.78. The number of hydrogen-bond acceptors (Lipinski definition) is 3. The minimum atomic E-state index is -0.233. The number of aromatic nitrogens is 2. The van der Waals surface area contributed by atoms with E-state index in [0.717, 1.165) is 11.4 Å². The predicted octanol–water partition coefficient (Wildman–Crippen LogP) is 1.41. The highest BCUT2D eigenvalue weighted by atomic mass is 16.1. The molecule has 1 aromatic carbocycles. The number of H-pyrrole nitrogens is 1. The second-order valence-corrected chi connectivity index (χ2v) is 4.15. The average molecular weight is 244 g/mol. The highest BCUT2D eigenvalue weighted by molar-refractivity contribution is 5.83. The summed E-state index contributed by atoms with van der Waals surface area (Å²) in [5.41, 5.74) is 7.28. The van der Waals surface area contributed by atoms with Crippen molar-refractivity contribution in [2.45, 2.75) is 19.4 Å². The lowest BCUT2D eigenvalue weighted by atomic mass is 10.00. The van der Waals surface area contributed by atoms with Crippen LogP contribution in [0.4, 0.5) is 5.69 Å². The number of carbonyl (C=O) groups excluding carboxylic acids is 1. The summed E-state index contributed by atoms with van der Waals surface area (Å²) in [5, 5.41) is 2.83. The SMILES string of the molecule is CC(C(=O)NCc1ncc[nH]1)c1cccc(N)c1. The summed E-state index contributed by atoms with van der Waals surface area (Å²) in [6.45, 7) is 2.25. The van der Waals surface area contributed by atoms with Crippen LogP contribution in [0.1, 0.15) is 24.2 Å². The number of carbonyl (C=O) groups is 1. The van der Waals surface area contributed by atoms with Crippen molar-refractivity contribution in [2.75, 3.05) is 5.73 Å². The van der Waals surface area contributed by atoms with Gasteiger partial charge in [0.15, 0.2) is 0 Å². The first kappa shape index (κ1) is 12.2. The highest BCUT2D eigenvalue weighted by Gasteiger charge is 2.15. The quantitative estimate of drug-likeness (QED) is 0.711. The Morgan fingerprint density at radius 3 is 3.06 bits per heavy atom. The molecule has 0 aliphatic heterocycles. The van der Waals surface area contributed by atoms with Crippen LogP contribution in [0.25, 0.3) is 0 Å². The van der Waals surface area contributed by atoms with Crippen LogP contribution in [0, 0.1) is 0 Å². The van der Waals surface area contributed by atoms with Crippen LogP contribution >= 0.6 is 0 Å². The van der Waals surface area contributed by atoms with Crippen molar-refractivity contribution >= 4 is 11.6 Å². The summed E-state index contributed by atoms with van der Waals surface area (Å²) in [6.07, 6.45) is 3.38. The summed E-state index contributed by atoms with van der Waals surface area (Å²) in [7, 11) is 0. The Morgan fingerprint density at radius 1 is 1.56 bits per heavy atom. The van der Waals surface area contributed by atoms with Gasteiger partial charge in [-0.1, -0.05) is 12.1 Å². The lowest BCUT2D eigenvalue weighted by molar-refractivity contribution is -0.122. The zero-order chi connectivity index (χ0) is 13.0. The van der Waals surface area contributed by atoms with Gasteiger partial charge >= 0.3 is 0 Å². The molecular formula is C13H16N4O. The molecule has 1 atom stereocenters. The van der Waals surface area contributed by atoms with Gasteiger partial charge in [-0.3, -0.25) is 4.79 Å². The molecule has 4 N–H and O–H groups in total. The van der Waals surface area contributed by atoms with Gasteiger partial charge in [0.2, 0.25) is 5.91 Å². The van der Waals surface area contributed by atoms with Crippen molar-refractivity contribution in [3.05, 3.63) is 48.0 Å². The minimum Gasteiger partial charge on any atom is -0.399 e. The molecule has 0 saturated carbocycles. The molecule has 2 aromatic rings. The van der Waals surface area contributed by atoms with Crippen LogP contribution < -0.4 is 11.1 Å². The maximum Gasteiger partial charge on any atom is 0.227 e. The number of rotatable bonds is 4. The molecule has 18 heavy (non-hydrogen) atoms. The van der Waals surface area contributed by atoms with Gasteiger partial charge in [0.05, 0.1) is 12.5 Å². The molecule has 0 fully saturated rings. The van der Waals surface area contributed by atoms with Crippen LogP contribution in [0.2, 0.25) is 0 Å². The number of imidazole rings is 1. The molecule has 0 aliphatic carbocycles. The van der Waals surface area contributed by atoms with Crippen molar-refractivity contribution in [3.8, 4) is 0 Å². The van der Waals surface area contributed by atoms with Gasteiger partial charge in [0.1, 0.15) is 5.82 Å². The zero-order valence-electron chi connectivity index (χ0n) is 10.2. The van der Waals surface area contributed by atoms with Gasteiger partial charge in [-0.25, -0.2) is 4.98 Å². The maximum atomic E-state index is 12.0. The largest absolute Gasteiger partial charge is 0.399 e. The van der Waals surface area contributed by atoms with Gasteiger partial charge in [-0.15, -0.1) is 0 Å². The number of nitrogens with zero attached hydrogens (tertiary/aromatic N) is 1. The smallest absolute Gasteiger partial charge is 0.227 e. The van der Waals surface area contributed by atoms with Crippen molar-refractivity contribution in [2.24, 2.45) is 0 Å². The minimum absolute atomic E-state index is 0.0444. The Hall–Kier alpha value is -2.30. The topological polar surface area (TPSA) is 83.8 Å². The number of nitrogen functional groups attached to an aromatic ring is 1.